The van der Waals surface area contributed by atoms with E-state index in [9.17, 15) is 39.9 Å². The largest absolute Gasteiger partial charge is 0.507 e. The summed E-state index contributed by atoms with van der Waals surface area (Å²) in [6, 6.07) is 6.01. The molecule has 0 radical (unpaired) electrons. The second-order valence-corrected chi connectivity index (χ2v) is 14.7. The lowest BCUT2D eigenvalue weighted by atomic mass is 9.73. The van der Waals surface area contributed by atoms with Gasteiger partial charge >= 0.3 is 0 Å². The van der Waals surface area contributed by atoms with Gasteiger partial charge in [-0.15, -0.1) is 0 Å². The Labute approximate surface area is 289 Å². The number of carbonyl (C=O) groups is 3. The number of ketones is 3. The first kappa shape index (κ1) is 35.3. The van der Waals surface area contributed by atoms with Gasteiger partial charge in [0.15, 0.2) is 29.9 Å². The molecule has 3 saturated heterocycles. The highest BCUT2D eigenvalue weighted by molar-refractivity contribution is 6.32. The molecule has 2 aromatic carbocycles. The minimum atomic E-state index is -1.25. The van der Waals surface area contributed by atoms with Gasteiger partial charge in [0.05, 0.1) is 53.9 Å². The van der Waals surface area contributed by atoms with Crippen molar-refractivity contribution < 1.29 is 63.6 Å². The molecule has 0 spiro atoms. The van der Waals surface area contributed by atoms with Crippen molar-refractivity contribution in [3.05, 3.63) is 63.2 Å². The number of aliphatic hydroxyl groups excluding tert-OH is 3. The zero-order chi connectivity index (χ0) is 35.8. The summed E-state index contributed by atoms with van der Waals surface area (Å²) in [5.41, 5.74) is -0.546. The van der Waals surface area contributed by atoms with E-state index in [0.717, 1.165) is 0 Å². The third-order valence-electron chi connectivity index (χ3n) is 10.8. The smallest absolute Gasteiger partial charge is 0.198 e. The molecule has 0 saturated carbocycles. The topological polar surface area (TPSA) is 199 Å². The van der Waals surface area contributed by atoms with E-state index in [1.54, 1.807) is 26.8 Å². The molecule has 270 valence electrons. The van der Waals surface area contributed by atoms with Gasteiger partial charge in [0.25, 0.3) is 0 Å². The number of benzene rings is 2. The molecule has 3 heterocycles. The molecule has 2 aromatic rings. The zero-order valence-corrected chi connectivity index (χ0v) is 28.4. The maximum absolute atomic E-state index is 13.9. The van der Waals surface area contributed by atoms with Crippen LogP contribution in [0.5, 0.6) is 5.75 Å². The van der Waals surface area contributed by atoms with Crippen molar-refractivity contribution in [1.29, 1.82) is 0 Å². The van der Waals surface area contributed by atoms with E-state index in [0.29, 0.717) is 18.4 Å². The van der Waals surface area contributed by atoms with Crippen molar-refractivity contribution in [3.63, 3.8) is 0 Å². The van der Waals surface area contributed by atoms with E-state index in [2.05, 4.69) is 0 Å². The van der Waals surface area contributed by atoms with Crippen LogP contribution in [0.15, 0.2) is 24.3 Å². The third-order valence-corrected chi connectivity index (χ3v) is 10.8. The van der Waals surface area contributed by atoms with Crippen LogP contribution in [0.1, 0.15) is 119 Å². The number of fused-ring (bicyclic) bond motifs is 4. The van der Waals surface area contributed by atoms with Crippen LogP contribution in [0, 0.1) is 0 Å². The number of rotatable bonds is 5. The summed E-state index contributed by atoms with van der Waals surface area (Å²) in [4.78, 5) is 40.8. The van der Waals surface area contributed by atoms with E-state index >= 15 is 0 Å². The maximum Gasteiger partial charge on any atom is 0.198 e. The van der Waals surface area contributed by atoms with Crippen molar-refractivity contribution >= 4 is 17.3 Å². The Kier molecular flexibility index (Phi) is 9.28. The number of hydrogen-bond donors (Lipinski definition) is 5. The lowest BCUT2D eigenvalue weighted by Gasteiger charge is -2.43. The number of phenols is 1. The summed E-state index contributed by atoms with van der Waals surface area (Å²) in [6.45, 7) is 6.74. The number of hydrogen-bond acceptors (Lipinski definition) is 13. The fourth-order valence-electron chi connectivity index (χ4n) is 8.09. The Morgan fingerprint density at radius 3 is 2.08 bits per heavy atom. The van der Waals surface area contributed by atoms with Crippen LogP contribution in [0.3, 0.4) is 0 Å². The average Bonchev–Trinajstić information content (AvgIpc) is 3.04. The first-order chi connectivity index (χ1) is 23.6. The molecule has 12 atom stereocenters. The number of carbonyl (C=O) groups excluding carboxylic acids is 3. The second kappa shape index (κ2) is 13.1. The number of aromatic hydroxyl groups is 1. The molecule has 3 aliphatic heterocycles. The summed E-state index contributed by atoms with van der Waals surface area (Å²) in [5.74, 6) is -1.98. The van der Waals surface area contributed by atoms with E-state index in [1.807, 2.05) is 6.92 Å². The quantitative estimate of drug-likeness (QED) is 0.261. The average molecular weight is 697 g/mol. The third kappa shape index (κ3) is 6.22. The van der Waals surface area contributed by atoms with E-state index < -0.39 is 90.1 Å². The van der Waals surface area contributed by atoms with Crippen LogP contribution >= 0.6 is 0 Å². The van der Waals surface area contributed by atoms with Gasteiger partial charge in [-0.3, -0.25) is 14.4 Å². The van der Waals surface area contributed by atoms with Crippen LogP contribution in [0.4, 0.5) is 0 Å². The van der Waals surface area contributed by atoms with Crippen LogP contribution in [-0.4, -0.2) is 110 Å². The van der Waals surface area contributed by atoms with Crippen molar-refractivity contribution in [2.45, 2.75) is 139 Å². The molecule has 11 unspecified atom stereocenters. The van der Waals surface area contributed by atoms with Crippen molar-refractivity contribution in [3.8, 4) is 5.75 Å². The summed E-state index contributed by atoms with van der Waals surface area (Å²) in [5, 5.41) is 53.2. The Hall–Kier alpha value is -3.11. The number of aliphatic hydroxyl groups is 4. The van der Waals surface area contributed by atoms with Crippen LogP contribution in [-0.2, 0) is 30.1 Å². The summed E-state index contributed by atoms with van der Waals surface area (Å²) in [7, 11) is 0. The molecule has 0 aromatic heterocycles. The second-order valence-electron chi connectivity index (χ2n) is 14.7. The molecule has 0 amide bonds. The standard InChI is InChI=1S/C37H44O13/c1-15-24(49-28-11-22(38)32(40)16(2)48-28)9-10-27(47-15)50-26-12-25(46-17(3)33(26)41)19-7-8-21-31(34(19)42)36(44)20-6-5-18-13-37(4,45)14-23(39)29(18)30(20)35(21)43/h5-8,15-17,22,24-28,32-33,38,40-42,45H,9-14H2,1-4H3/t15?,16?,17?,22?,24?,25?,26?,27?,28?,32?,33?,37-/m1/s1. The van der Waals surface area contributed by atoms with Crippen molar-refractivity contribution in [2.24, 2.45) is 0 Å². The zero-order valence-electron chi connectivity index (χ0n) is 28.4. The number of Topliss-reactive ketones (excluding diaryl/α,β-unsaturated/α-hetero) is 1. The van der Waals surface area contributed by atoms with Crippen LogP contribution in [0.25, 0.3) is 0 Å². The van der Waals surface area contributed by atoms with Crippen molar-refractivity contribution in [1.82, 2.24) is 0 Å². The molecule has 50 heavy (non-hydrogen) atoms. The van der Waals surface area contributed by atoms with Gasteiger partial charge in [-0.2, -0.15) is 0 Å². The van der Waals surface area contributed by atoms with Gasteiger partial charge in [-0.25, -0.2) is 0 Å². The highest BCUT2D eigenvalue weighted by Crippen LogP contribution is 2.44. The van der Waals surface area contributed by atoms with Gasteiger partial charge in [0, 0.05) is 59.9 Å². The van der Waals surface area contributed by atoms with Crippen molar-refractivity contribution in [2.75, 3.05) is 0 Å². The molecule has 13 nitrogen and oxygen atoms in total. The van der Waals surface area contributed by atoms with Gasteiger partial charge in [0.1, 0.15) is 18.0 Å². The predicted molar refractivity (Wildman–Crippen MR) is 173 cm³/mol. The monoisotopic (exact) mass is 696 g/mol. The Morgan fingerprint density at radius 2 is 1.36 bits per heavy atom. The minimum absolute atomic E-state index is 0.00154. The lowest BCUT2D eigenvalue weighted by Crippen LogP contribution is -2.51. The number of ether oxygens (including phenoxy) is 5. The normalized spacial score (nSPS) is 38.7. The van der Waals surface area contributed by atoms with Gasteiger partial charge in [-0.05, 0) is 51.8 Å². The lowest BCUT2D eigenvalue weighted by molar-refractivity contribution is -0.306. The van der Waals surface area contributed by atoms with E-state index in [-0.39, 0.29) is 65.2 Å². The highest BCUT2D eigenvalue weighted by atomic mass is 16.7. The summed E-state index contributed by atoms with van der Waals surface area (Å²) >= 11 is 0. The molecule has 5 N–H and O–H groups in total. The van der Waals surface area contributed by atoms with Crippen LogP contribution in [0.2, 0.25) is 0 Å². The van der Waals surface area contributed by atoms with Crippen LogP contribution < -0.4 is 0 Å². The minimum Gasteiger partial charge on any atom is -0.507 e. The molecule has 2 aliphatic carbocycles. The molecule has 3 fully saturated rings. The predicted octanol–water partition coefficient (Wildman–Crippen LogP) is 2.41. The number of phenolic OH excluding ortho intramolecular Hbond substituents is 1. The Balaban J connectivity index is 1.06. The molecule has 7 rings (SSSR count). The first-order valence-electron chi connectivity index (χ1n) is 17.3. The molecular formula is C37H44O13. The van der Waals surface area contributed by atoms with Gasteiger partial charge in [-0.1, -0.05) is 12.1 Å². The highest BCUT2D eigenvalue weighted by Gasteiger charge is 2.45. The van der Waals surface area contributed by atoms with E-state index in [1.165, 1.54) is 18.2 Å². The fourth-order valence-corrected chi connectivity index (χ4v) is 8.09. The fraction of sp³-hybridized carbons (Fsp3) is 0.595. The Morgan fingerprint density at radius 1 is 0.720 bits per heavy atom. The molecular weight excluding hydrogens is 652 g/mol. The summed E-state index contributed by atoms with van der Waals surface area (Å²) in [6.07, 6.45) is -6.73. The maximum atomic E-state index is 13.9. The van der Waals surface area contributed by atoms with Gasteiger partial charge < -0.3 is 49.2 Å². The van der Waals surface area contributed by atoms with E-state index in [4.69, 9.17) is 23.7 Å². The van der Waals surface area contributed by atoms with Gasteiger partial charge in [0.2, 0.25) is 0 Å². The Bertz CT molecular complexity index is 1690. The molecule has 0 bridgehead atoms. The molecule has 5 aliphatic rings. The molecule has 13 heteroatoms. The summed E-state index contributed by atoms with van der Waals surface area (Å²) < 4.78 is 30.3. The first-order valence-corrected chi connectivity index (χ1v) is 17.3. The SMILES string of the molecule is CC1OC(OC2CC(c3ccc4c(c3O)C(=O)c3ccc5c(c3C4=O)C(=O)C[C@](C)(O)C5)OC(C)C2O)CCC1OC1CC(O)C(O)C(C)O1.